The molecule has 0 unspecified atom stereocenters. The zero-order chi connectivity index (χ0) is 32.4. The van der Waals surface area contributed by atoms with Gasteiger partial charge in [0.2, 0.25) is 5.91 Å². The van der Waals surface area contributed by atoms with Crippen LogP contribution in [-0.2, 0) is 9.53 Å². The van der Waals surface area contributed by atoms with Gasteiger partial charge in [-0.15, -0.1) is 0 Å². The van der Waals surface area contributed by atoms with Crippen molar-refractivity contribution in [2.45, 2.75) is 77.0 Å². The Kier molecular flexibility index (Phi) is 9.37. The maximum Gasteiger partial charge on any atom is 0.410 e. The van der Waals surface area contributed by atoms with E-state index in [0.29, 0.717) is 46.6 Å². The number of carbonyl (C=O) groups excluding carboxylic acids is 3. The number of fused-ring (bicyclic) bond motifs is 2. The fraction of sp³-hybridized carbons (Fsp3) is 0.629. The van der Waals surface area contributed by atoms with E-state index in [1.54, 1.807) is 17.2 Å². The summed E-state index contributed by atoms with van der Waals surface area (Å²) in [5.74, 6) is 1.63. The normalized spacial score (nSPS) is 23.9. The SMILES string of the molecule is CC(C)(C)OC(=O)N1CCC(CN2CCC(COc3ccc4nccc(C(=O)NCC(=O)N5[C@H](C#N)C[C@@H]6C[C@@H]65)c4c3)CC2)CC1. The number of piperidine rings is 3. The number of ether oxygens (including phenoxy) is 2. The summed E-state index contributed by atoms with van der Waals surface area (Å²) < 4.78 is 11.8. The van der Waals surface area contributed by atoms with E-state index >= 15 is 0 Å². The van der Waals surface area contributed by atoms with Crippen molar-refractivity contribution in [2.75, 3.05) is 45.9 Å². The Morgan fingerprint density at radius 1 is 1.02 bits per heavy atom. The maximum absolute atomic E-state index is 13.2. The summed E-state index contributed by atoms with van der Waals surface area (Å²) in [4.78, 5) is 48.8. The van der Waals surface area contributed by atoms with E-state index in [0.717, 1.165) is 71.2 Å². The van der Waals surface area contributed by atoms with Crippen molar-refractivity contribution >= 4 is 28.8 Å². The van der Waals surface area contributed by atoms with E-state index in [-0.39, 0.29) is 30.5 Å². The second-order valence-electron chi connectivity index (χ2n) is 14.4. The molecule has 6 rings (SSSR count). The molecule has 2 aromatic rings. The molecule has 1 N–H and O–H groups in total. The van der Waals surface area contributed by atoms with Gasteiger partial charge in [-0.1, -0.05) is 0 Å². The molecule has 11 heteroatoms. The number of aromatic nitrogens is 1. The highest BCUT2D eigenvalue weighted by Gasteiger charge is 2.54. The zero-order valence-electron chi connectivity index (χ0n) is 27.2. The van der Waals surface area contributed by atoms with Crippen LogP contribution in [0.15, 0.2) is 30.5 Å². The molecule has 11 nitrogen and oxygen atoms in total. The van der Waals surface area contributed by atoms with E-state index < -0.39 is 11.6 Å². The average Bonchev–Trinajstić information content (AvgIpc) is 3.71. The number of nitriles is 1. The number of likely N-dealkylation sites (tertiary alicyclic amines) is 3. The van der Waals surface area contributed by atoms with Crippen LogP contribution >= 0.6 is 0 Å². The van der Waals surface area contributed by atoms with Crippen LogP contribution in [0.2, 0.25) is 0 Å². The number of nitrogens with one attached hydrogen (secondary N) is 1. The largest absolute Gasteiger partial charge is 0.493 e. The van der Waals surface area contributed by atoms with Gasteiger partial charge in [-0.3, -0.25) is 14.6 Å². The Bertz CT molecular complexity index is 1480. The summed E-state index contributed by atoms with van der Waals surface area (Å²) in [6.45, 7) is 10.9. The van der Waals surface area contributed by atoms with Gasteiger partial charge >= 0.3 is 6.09 Å². The monoisotopic (exact) mass is 630 g/mol. The lowest BCUT2D eigenvalue weighted by molar-refractivity contribution is -0.131. The average molecular weight is 631 g/mol. The molecule has 3 saturated heterocycles. The number of carbonyl (C=O) groups is 3. The number of rotatable bonds is 8. The summed E-state index contributed by atoms with van der Waals surface area (Å²) in [6, 6.07) is 9.25. The number of nitrogens with zero attached hydrogens (tertiary/aromatic N) is 5. The van der Waals surface area contributed by atoms with Crippen LogP contribution < -0.4 is 10.1 Å². The molecule has 3 amide bonds. The summed E-state index contributed by atoms with van der Waals surface area (Å²) in [5, 5.41) is 12.8. The predicted octanol–water partition coefficient (Wildman–Crippen LogP) is 4.22. The molecule has 4 fully saturated rings. The number of pyridine rings is 1. The molecule has 0 spiro atoms. The van der Waals surface area contributed by atoms with Gasteiger partial charge in [-0.05, 0) is 114 Å². The Labute approximate surface area is 271 Å². The summed E-state index contributed by atoms with van der Waals surface area (Å²) in [5.41, 5.74) is 0.658. The number of amides is 3. The van der Waals surface area contributed by atoms with Crippen LogP contribution in [0.3, 0.4) is 0 Å². The standard InChI is InChI=1S/C35H46N6O5/c1-35(2,3)46-34(44)40-14-9-23(10-15-40)21-39-12-7-24(8-13-39)22-45-27-4-5-30-29(18-27)28(6-11-37-30)33(43)38-20-32(42)41-26(19-36)16-25-17-31(25)41/h4-6,11,18,23-26,31H,7-10,12-17,20-22H2,1-3H3,(H,38,43)/t25-,26+,31+/m1/s1. The molecule has 3 aliphatic heterocycles. The Hall–Kier alpha value is -3.91. The summed E-state index contributed by atoms with van der Waals surface area (Å²) in [7, 11) is 0. The molecule has 0 radical (unpaired) electrons. The van der Waals surface area contributed by atoms with Gasteiger partial charge in [0.05, 0.1) is 30.3 Å². The fourth-order valence-electron chi connectivity index (χ4n) is 7.23. The van der Waals surface area contributed by atoms with Crippen LogP contribution in [0.4, 0.5) is 4.79 Å². The van der Waals surface area contributed by atoms with Crippen molar-refractivity contribution in [3.05, 3.63) is 36.0 Å². The minimum Gasteiger partial charge on any atom is -0.493 e. The zero-order valence-corrected chi connectivity index (χ0v) is 27.2. The molecule has 4 aliphatic rings. The molecule has 246 valence electrons. The van der Waals surface area contributed by atoms with Gasteiger partial charge in [0.15, 0.2) is 0 Å². The summed E-state index contributed by atoms with van der Waals surface area (Å²) in [6.07, 6.45) is 7.23. The van der Waals surface area contributed by atoms with Crippen molar-refractivity contribution in [1.29, 1.82) is 5.26 Å². The first-order valence-electron chi connectivity index (χ1n) is 16.8. The highest BCUT2D eigenvalue weighted by Crippen LogP contribution is 2.47. The predicted molar refractivity (Wildman–Crippen MR) is 172 cm³/mol. The third-order valence-corrected chi connectivity index (χ3v) is 9.87. The van der Waals surface area contributed by atoms with Gasteiger partial charge in [0.25, 0.3) is 5.91 Å². The highest BCUT2D eigenvalue weighted by atomic mass is 16.6. The van der Waals surface area contributed by atoms with Crippen LogP contribution in [0.5, 0.6) is 5.75 Å². The lowest BCUT2D eigenvalue weighted by Gasteiger charge is -2.38. The van der Waals surface area contributed by atoms with Crippen molar-refractivity contribution in [3.8, 4) is 11.8 Å². The van der Waals surface area contributed by atoms with Crippen molar-refractivity contribution < 1.29 is 23.9 Å². The molecule has 4 heterocycles. The van der Waals surface area contributed by atoms with Crippen LogP contribution in [0.1, 0.15) is 69.7 Å². The van der Waals surface area contributed by atoms with Crippen molar-refractivity contribution in [2.24, 2.45) is 17.8 Å². The minimum absolute atomic E-state index is 0.135. The molecule has 0 bridgehead atoms. The lowest BCUT2D eigenvalue weighted by atomic mass is 9.93. The van der Waals surface area contributed by atoms with E-state index in [1.807, 2.05) is 43.9 Å². The molecule has 1 saturated carbocycles. The third-order valence-electron chi connectivity index (χ3n) is 9.87. The smallest absolute Gasteiger partial charge is 0.410 e. The molecular weight excluding hydrogens is 584 g/mol. The summed E-state index contributed by atoms with van der Waals surface area (Å²) >= 11 is 0. The van der Waals surface area contributed by atoms with Gasteiger partial charge < -0.3 is 29.5 Å². The van der Waals surface area contributed by atoms with Gasteiger partial charge in [-0.2, -0.15) is 5.26 Å². The maximum atomic E-state index is 13.2. The third kappa shape index (κ3) is 7.55. The lowest BCUT2D eigenvalue weighted by Crippen LogP contribution is -2.45. The van der Waals surface area contributed by atoms with E-state index in [4.69, 9.17) is 9.47 Å². The Morgan fingerprint density at radius 2 is 1.76 bits per heavy atom. The number of hydrogen-bond donors (Lipinski definition) is 1. The second-order valence-corrected chi connectivity index (χ2v) is 14.4. The quantitative estimate of drug-likeness (QED) is 0.460. The van der Waals surface area contributed by atoms with Crippen LogP contribution in [0, 0.1) is 29.1 Å². The molecule has 1 aromatic heterocycles. The Balaban J connectivity index is 0.952. The van der Waals surface area contributed by atoms with Crippen LogP contribution in [0.25, 0.3) is 10.9 Å². The molecule has 46 heavy (non-hydrogen) atoms. The van der Waals surface area contributed by atoms with Crippen molar-refractivity contribution in [1.82, 2.24) is 25.0 Å². The second kappa shape index (κ2) is 13.4. The first-order chi connectivity index (χ1) is 22.1. The van der Waals surface area contributed by atoms with Gasteiger partial charge in [-0.25, -0.2) is 4.79 Å². The number of benzene rings is 1. The first kappa shape index (κ1) is 32.0. The van der Waals surface area contributed by atoms with E-state index in [2.05, 4.69) is 21.3 Å². The molecule has 3 atom stereocenters. The first-order valence-corrected chi connectivity index (χ1v) is 16.8. The Morgan fingerprint density at radius 3 is 2.48 bits per heavy atom. The van der Waals surface area contributed by atoms with Crippen molar-refractivity contribution in [3.63, 3.8) is 0 Å². The highest BCUT2D eigenvalue weighted by molar-refractivity contribution is 6.07. The number of hydrogen-bond acceptors (Lipinski definition) is 8. The van der Waals surface area contributed by atoms with E-state index in [9.17, 15) is 19.6 Å². The topological polar surface area (TPSA) is 128 Å². The minimum atomic E-state index is -0.465. The van der Waals surface area contributed by atoms with Gasteiger partial charge in [0, 0.05) is 37.3 Å². The van der Waals surface area contributed by atoms with Crippen LogP contribution in [-0.4, -0.2) is 101 Å². The van der Waals surface area contributed by atoms with Gasteiger partial charge in [0.1, 0.15) is 17.4 Å². The molecular formula is C35H46N6O5. The molecule has 1 aliphatic carbocycles. The fourth-order valence-corrected chi connectivity index (χ4v) is 7.23. The van der Waals surface area contributed by atoms with E-state index in [1.165, 1.54) is 0 Å². The molecule has 1 aromatic carbocycles.